The Morgan fingerprint density at radius 3 is 1.53 bits per heavy atom. The smallest absolute Gasteiger partial charge is 0.227 e. The maximum absolute atomic E-state index is 6.61. The molecule has 10 aromatic carbocycles. The number of anilines is 6. The van der Waals surface area contributed by atoms with Crippen LogP contribution >= 0.6 is 0 Å². The molecule has 292 valence electrons. The molecule has 2 aromatic heterocycles. The van der Waals surface area contributed by atoms with Gasteiger partial charge in [-0.25, -0.2) is 4.98 Å². The Morgan fingerprint density at radius 1 is 0.371 bits per heavy atom. The zero-order chi connectivity index (χ0) is 41.0. The Labute approximate surface area is 358 Å². The molecule has 0 amide bonds. The van der Waals surface area contributed by atoms with E-state index in [1.54, 1.807) is 0 Å². The lowest BCUT2D eigenvalue weighted by molar-refractivity contribution is 0.623. The fourth-order valence-electron chi connectivity index (χ4n) is 9.14. The minimum atomic E-state index is 0.618. The zero-order valence-corrected chi connectivity index (χ0v) is 33.6. The molecule has 0 spiro atoms. The van der Waals surface area contributed by atoms with Crippen LogP contribution in [0.2, 0.25) is 0 Å². The molecule has 0 fully saturated rings. The zero-order valence-electron chi connectivity index (χ0n) is 33.6. The predicted molar refractivity (Wildman–Crippen MR) is 258 cm³/mol. The lowest BCUT2D eigenvalue weighted by Crippen LogP contribution is -2.13. The summed E-state index contributed by atoms with van der Waals surface area (Å²) in [5.41, 5.74) is 12.3. The van der Waals surface area contributed by atoms with E-state index in [1.165, 1.54) is 21.8 Å². The fourth-order valence-corrected chi connectivity index (χ4v) is 9.14. The van der Waals surface area contributed by atoms with E-state index in [1.807, 2.05) is 30.3 Å². The van der Waals surface area contributed by atoms with Gasteiger partial charge in [0.2, 0.25) is 5.89 Å². The topological polar surface area (TPSA) is 37.4 Å². The second-order valence-corrected chi connectivity index (χ2v) is 15.6. The quantitative estimate of drug-likeness (QED) is 0.144. The molecule has 0 atom stereocenters. The van der Waals surface area contributed by atoms with Crippen LogP contribution < -0.4 is 9.80 Å². The van der Waals surface area contributed by atoms with Crippen molar-refractivity contribution in [1.82, 2.24) is 9.55 Å². The van der Waals surface area contributed by atoms with Crippen LogP contribution in [0.4, 0.5) is 34.1 Å². The standard InChI is InChI=1S/C57H38N4O/c1-4-16-41(17-5-1)57-58-52-35-33-40-31-30-39-32-34-48(38-51(39)55(40)56(52)62-57)60(43-20-8-3-9-21-43)45-23-14-22-44(36-45)59(42-18-6-2-7-19-42)46-24-15-25-47(37-46)61-53-28-12-10-26-49(53)50-27-11-13-29-54(50)61/h1-38H. The molecule has 0 aliphatic carbocycles. The number of rotatable bonds is 8. The average Bonchev–Trinajstić information content (AvgIpc) is 3.93. The first-order valence-electron chi connectivity index (χ1n) is 21.0. The summed E-state index contributed by atoms with van der Waals surface area (Å²) in [4.78, 5) is 9.62. The van der Waals surface area contributed by atoms with E-state index in [-0.39, 0.29) is 0 Å². The highest BCUT2D eigenvalue weighted by molar-refractivity contribution is 6.19. The Bertz CT molecular complexity index is 3540. The number of para-hydroxylation sites is 4. The van der Waals surface area contributed by atoms with E-state index in [0.717, 1.165) is 78.0 Å². The minimum absolute atomic E-state index is 0.618. The third-order valence-electron chi connectivity index (χ3n) is 11.9. The van der Waals surface area contributed by atoms with Crippen LogP contribution in [-0.4, -0.2) is 9.55 Å². The van der Waals surface area contributed by atoms with Gasteiger partial charge in [-0.2, -0.15) is 0 Å². The number of aromatic nitrogens is 2. The third kappa shape index (κ3) is 5.98. The van der Waals surface area contributed by atoms with Crippen LogP contribution in [0, 0.1) is 0 Å². The molecule has 0 unspecified atom stereocenters. The highest BCUT2D eigenvalue weighted by Crippen LogP contribution is 2.43. The van der Waals surface area contributed by atoms with Gasteiger partial charge in [0.15, 0.2) is 5.58 Å². The molecule has 0 N–H and O–H groups in total. The normalized spacial score (nSPS) is 11.5. The van der Waals surface area contributed by atoms with Gasteiger partial charge in [0.1, 0.15) is 5.52 Å². The van der Waals surface area contributed by atoms with Gasteiger partial charge in [0.05, 0.1) is 11.0 Å². The van der Waals surface area contributed by atoms with E-state index >= 15 is 0 Å². The molecular formula is C57H38N4O. The van der Waals surface area contributed by atoms with Crippen molar-refractivity contribution in [2.75, 3.05) is 9.80 Å². The van der Waals surface area contributed by atoms with Gasteiger partial charge in [-0.05, 0) is 119 Å². The Balaban J connectivity index is 1.02. The van der Waals surface area contributed by atoms with Crippen molar-refractivity contribution in [3.63, 3.8) is 0 Å². The highest BCUT2D eigenvalue weighted by atomic mass is 16.3. The third-order valence-corrected chi connectivity index (χ3v) is 11.9. The molecule has 0 saturated heterocycles. The van der Waals surface area contributed by atoms with Crippen LogP contribution in [0.15, 0.2) is 235 Å². The summed E-state index contributed by atoms with van der Waals surface area (Å²) < 4.78 is 8.99. The van der Waals surface area contributed by atoms with Gasteiger partial charge < -0.3 is 18.8 Å². The summed E-state index contributed by atoms with van der Waals surface area (Å²) in [5, 5.41) is 6.87. The van der Waals surface area contributed by atoms with Crippen molar-refractivity contribution in [3.8, 4) is 17.1 Å². The second-order valence-electron chi connectivity index (χ2n) is 15.6. The monoisotopic (exact) mass is 794 g/mol. The molecule has 62 heavy (non-hydrogen) atoms. The molecule has 5 heteroatoms. The lowest BCUT2D eigenvalue weighted by Gasteiger charge is -2.30. The number of hydrogen-bond acceptors (Lipinski definition) is 4. The van der Waals surface area contributed by atoms with E-state index in [9.17, 15) is 0 Å². The first kappa shape index (κ1) is 35.5. The maximum Gasteiger partial charge on any atom is 0.227 e. The number of hydrogen-bond donors (Lipinski definition) is 0. The summed E-state index contributed by atoms with van der Waals surface area (Å²) in [6.45, 7) is 0. The molecule has 12 aromatic rings. The van der Waals surface area contributed by atoms with Gasteiger partial charge in [0, 0.05) is 61.5 Å². The number of oxazole rings is 1. The van der Waals surface area contributed by atoms with Crippen LogP contribution in [-0.2, 0) is 0 Å². The van der Waals surface area contributed by atoms with Gasteiger partial charge in [-0.3, -0.25) is 0 Å². The van der Waals surface area contributed by atoms with E-state index < -0.39 is 0 Å². The summed E-state index contributed by atoms with van der Waals surface area (Å²) >= 11 is 0. The van der Waals surface area contributed by atoms with Crippen LogP contribution in [0.25, 0.3) is 71.6 Å². The van der Waals surface area contributed by atoms with E-state index in [4.69, 9.17) is 9.40 Å². The molecule has 5 nitrogen and oxygen atoms in total. The minimum Gasteiger partial charge on any atom is -0.435 e. The average molecular weight is 795 g/mol. The van der Waals surface area contributed by atoms with Crippen LogP contribution in [0.3, 0.4) is 0 Å². The van der Waals surface area contributed by atoms with Crippen LogP contribution in [0.1, 0.15) is 0 Å². The van der Waals surface area contributed by atoms with E-state index in [2.05, 4.69) is 215 Å². The molecule has 2 heterocycles. The summed E-state index contributed by atoms with van der Waals surface area (Å²) in [6, 6.07) is 81.7. The van der Waals surface area contributed by atoms with E-state index in [0.29, 0.717) is 5.89 Å². The molecule has 0 radical (unpaired) electrons. The fraction of sp³-hybridized carbons (Fsp3) is 0. The largest absolute Gasteiger partial charge is 0.435 e. The van der Waals surface area contributed by atoms with Gasteiger partial charge in [0.25, 0.3) is 0 Å². The number of fused-ring (bicyclic) bond motifs is 8. The van der Waals surface area contributed by atoms with Gasteiger partial charge in [-0.15, -0.1) is 0 Å². The molecule has 0 aliphatic rings. The van der Waals surface area contributed by atoms with Crippen molar-refractivity contribution < 1.29 is 4.42 Å². The molecule has 0 aliphatic heterocycles. The first-order chi connectivity index (χ1) is 30.7. The van der Waals surface area contributed by atoms with Gasteiger partial charge >= 0.3 is 0 Å². The summed E-state index contributed by atoms with van der Waals surface area (Å²) in [7, 11) is 0. The predicted octanol–water partition coefficient (Wildman–Crippen LogP) is 15.8. The summed E-state index contributed by atoms with van der Waals surface area (Å²) in [5.74, 6) is 0.618. The highest BCUT2D eigenvalue weighted by Gasteiger charge is 2.20. The van der Waals surface area contributed by atoms with Crippen molar-refractivity contribution in [1.29, 1.82) is 0 Å². The Hall–Kier alpha value is -8.41. The van der Waals surface area contributed by atoms with Crippen molar-refractivity contribution in [3.05, 3.63) is 231 Å². The first-order valence-corrected chi connectivity index (χ1v) is 21.0. The van der Waals surface area contributed by atoms with Crippen molar-refractivity contribution in [2.45, 2.75) is 0 Å². The second kappa shape index (κ2) is 14.7. The molecule has 0 bridgehead atoms. The van der Waals surface area contributed by atoms with Crippen molar-refractivity contribution >= 4 is 88.6 Å². The SMILES string of the molecule is c1ccc(-c2nc3ccc4ccc5ccc(N(c6ccccc6)c6cccc(N(c7ccccc7)c7cccc(-n8c9ccccc9c9ccccc98)c7)c6)cc5c4c3o2)cc1. The molecular weight excluding hydrogens is 757 g/mol. The summed E-state index contributed by atoms with van der Waals surface area (Å²) in [6.07, 6.45) is 0. The maximum atomic E-state index is 6.61. The number of nitrogens with zero attached hydrogens (tertiary/aromatic N) is 4. The Morgan fingerprint density at radius 2 is 0.871 bits per heavy atom. The Kier molecular flexibility index (Phi) is 8.42. The molecule has 12 rings (SSSR count). The number of benzene rings is 10. The van der Waals surface area contributed by atoms with Crippen molar-refractivity contribution in [2.24, 2.45) is 0 Å². The lowest BCUT2D eigenvalue weighted by atomic mass is 10.00. The van der Waals surface area contributed by atoms with Gasteiger partial charge in [-0.1, -0.05) is 127 Å². The van der Waals surface area contributed by atoms with Crippen LogP contribution in [0.5, 0.6) is 0 Å². The molecule has 0 saturated carbocycles.